The number of nitrogens with one attached hydrogen (secondary N) is 2. The fourth-order valence-corrected chi connectivity index (χ4v) is 13.4. The number of aliphatic hydroxyl groups is 1. The number of Topliss-reactive ketones (excluding diaryl/α,β-unsaturated/α-hetero) is 2. The Hall–Kier alpha value is -6.12. The molecule has 0 aromatic heterocycles. The largest absolute Gasteiger partial charge is 0.390 e. The first kappa shape index (κ1) is 89.0. The molecule has 2 rings (SSSR count). The number of rotatable bonds is 22. The van der Waals surface area contributed by atoms with E-state index in [9.17, 15) is 29.1 Å². The highest BCUT2D eigenvalue weighted by atomic mass is 16.5. The molecule has 0 radical (unpaired) electrons. The summed E-state index contributed by atoms with van der Waals surface area (Å²) in [5.41, 5.74) is 0. The smallest absolute Gasteiger partial charge is 0.246 e. The van der Waals surface area contributed by atoms with Gasteiger partial charge in [-0.1, -0.05) is 90.0 Å². The lowest BCUT2D eigenvalue weighted by Crippen LogP contribution is -2.64. The molecule has 2 fully saturated rings. The van der Waals surface area contributed by atoms with Gasteiger partial charge in [0.2, 0.25) is 59.1 Å². The summed E-state index contributed by atoms with van der Waals surface area (Å²) in [7, 11) is 13.3. The van der Waals surface area contributed by atoms with Crippen LogP contribution in [0.3, 0.4) is 0 Å². The highest BCUT2D eigenvalue weighted by Crippen LogP contribution is 2.29. The normalized spacial score (nSPS) is 27.0. The molecule has 3 N–H and O–H groups in total. The third-order valence-corrected chi connectivity index (χ3v) is 20.0. The number of carbonyl (C=O) groups excluding carboxylic acids is 12. The number of ether oxygens (including phenoxy) is 2. The molecule has 0 unspecified atom stereocenters. The van der Waals surface area contributed by atoms with E-state index in [1.54, 1.807) is 69.5 Å². The van der Waals surface area contributed by atoms with E-state index in [1.165, 1.54) is 92.6 Å². The summed E-state index contributed by atoms with van der Waals surface area (Å²) >= 11 is 0. The molecular formula is C73H131N11O15. The highest BCUT2D eigenvalue weighted by Gasteiger charge is 2.47. The molecule has 0 aromatic carbocycles. The lowest BCUT2D eigenvalue weighted by Gasteiger charge is -2.41. The highest BCUT2D eigenvalue weighted by molar-refractivity contribution is 6.00. The number of nitrogens with zero attached hydrogens (tertiary/aromatic N) is 9. The Bertz CT molecular complexity index is 2690. The average molecular weight is 1400 g/mol. The number of hydrogen-bond donors (Lipinski definition) is 3. The number of ketones is 2. The van der Waals surface area contributed by atoms with Gasteiger partial charge in [-0.15, -0.1) is 0 Å². The molecule has 26 heteroatoms. The van der Waals surface area contributed by atoms with Crippen LogP contribution >= 0.6 is 0 Å². The minimum atomic E-state index is -1.70. The first-order chi connectivity index (χ1) is 46.0. The number of hydrogen-bond acceptors (Lipinski definition) is 16. The Labute approximate surface area is 593 Å². The topological polar surface area (TPSA) is 297 Å². The first-order valence-electron chi connectivity index (χ1n) is 36.3. The predicted octanol–water partition coefficient (Wildman–Crippen LogP) is 4.60. The standard InChI is InChI=1S/C73H131N11O15/c1-26-54-70(94)77(19)51(15)68(92)82(24)62(52(16)99-35-28-27-32-84-33-36-98-37-34-84)59(86)42-53(46(8)9)69(93)78(20)55(38-43(2)3)58(85)41-49(13)65(89)74-50(14)67(91)79(21)56(39-44(4)5)71(95)80(22)57(40-45(6)7)72(96)81(23)61(47(10)11)73(97)83(25)63(66(90)75-54)64(88)48(12)30-29-31-60(87)76(17)18/h43-57,61-64,88H,26-42H2,1-25H3,(H,74,89)(H,75,90)/t48-,49-,50-,51-,52-,53+,54+,55+,56+,57+,61+,62+,63+,64-/m1/s1. The van der Waals surface area contributed by atoms with E-state index in [1.807, 2.05) is 41.5 Å². The van der Waals surface area contributed by atoms with Crippen molar-refractivity contribution in [3.63, 3.8) is 0 Å². The van der Waals surface area contributed by atoms with Gasteiger partial charge < -0.3 is 64.4 Å². The zero-order chi connectivity index (χ0) is 75.9. The molecule has 99 heavy (non-hydrogen) atoms. The van der Waals surface area contributed by atoms with Crippen LogP contribution in [0.5, 0.6) is 0 Å². The molecule has 0 saturated carbocycles. The van der Waals surface area contributed by atoms with Crippen LogP contribution in [-0.4, -0.2) is 289 Å². The van der Waals surface area contributed by atoms with Gasteiger partial charge in [0.15, 0.2) is 11.6 Å². The van der Waals surface area contributed by atoms with Crippen LogP contribution in [0.15, 0.2) is 0 Å². The zero-order valence-electron chi connectivity index (χ0n) is 65.2. The quantitative estimate of drug-likeness (QED) is 0.125. The van der Waals surface area contributed by atoms with E-state index >= 15 is 33.6 Å². The molecule has 2 saturated heterocycles. The van der Waals surface area contributed by atoms with Crippen LogP contribution < -0.4 is 10.6 Å². The van der Waals surface area contributed by atoms with Crippen LogP contribution in [0, 0.1) is 47.3 Å². The Morgan fingerprint density at radius 3 is 1.55 bits per heavy atom. The van der Waals surface area contributed by atoms with Gasteiger partial charge in [-0.25, -0.2) is 0 Å². The molecule has 2 heterocycles. The minimum absolute atomic E-state index is 0.0288. The lowest BCUT2D eigenvalue weighted by molar-refractivity contribution is -0.157. The maximum atomic E-state index is 15.4. The van der Waals surface area contributed by atoms with Crippen molar-refractivity contribution in [3.05, 3.63) is 0 Å². The van der Waals surface area contributed by atoms with Gasteiger partial charge in [-0.3, -0.25) is 62.4 Å². The monoisotopic (exact) mass is 1400 g/mol. The third kappa shape index (κ3) is 25.7. The second-order valence-corrected chi connectivity index (χ2v) is 30.5. The Kier molecular flexibility index (Phi) is 37.5. The Morgan fingerprint density at radius 1 is 0.545 bits per heavy atom. The Morgan fingerprint density at radius 2 is 1.04 bits per heavy atom. The van der Waals surface area contributed by atoms with Crippen LogP contribution in [0.25, 0.3) is 0 Å². The molecule has 0 bridgehead atoms. The first-order valence-corrected chi connectivity index (χ1v) is 36.3. The number of unbranched alkanes of at least 4 members (excludes halogenated alkanes) is 1. The van der Waals surface area contributed by atoms with Gasteiger partial charge in [-0.2, -0.15) is 0 Å². The molecule has 2 aliphatic rings. The van der Waals surface area contributed by atoms with Crippen LogP contribution in [0.4, 0.5) is 0 Å². The number of likely N-dealkylation sites (N-methyl/N-ethyl adjacent to an activating group) is 7. The number of morpholine rings is 1. The number of amides is 10. The van der Waals surface area contributed by atoms with E-state index in [4.69, 9.17) is 9.47 Å². The summed E-state index contributed by atoms with van der Waals surface area (Å²) in [6.07, 6.45) is -0.677. The van der Waals surface area contributed by atoms with Gasteiger partial charge in [0.1, 0.15) is 48.3 Å². The van der Waals surface area contributed by atoms with Gasteiger partial charge in [0.05, 0.1) is 31.5 Å². The van der Waals surface area contributed by atoms with Gasteiger partial charge in [0, 0.05) is 114 Å². The second kappa shape index (κ2) is 41.7. The predicted molar refractivity (Wildman–Crippen MR) is 381 cm³/mol. The molecule has 0 aromatic rings. The fraction of sp³-hybridized carbons (Fsp3) is 0.836. The summed E-state index contributed by atoms with van der Waals surface area (Å²) in [6.45, 7) is 31.7. The summed E-state index contributed by atoms with van der Waals surface area (Å²) in [5, 5.41) is 18.0. The van der Waals surface area contributed by atoms with E-state index in [-0.39, 0.29) is 81.6 Å². The molecule has 2 aliphatic heterocycles. The molecule has 14 atom stereocenters. The minimum Gasteiger partial charge on any atom is -0.390 e. The van der Waals surface area contributed by atoms with E-state index in [0.717, 1.165) is 35.9 Å². The fourth-order valence-electron chi connectivity index (χ4n) is 13.4. The lowest BCUT2D eigenvalue weighted by atomic mass is 9.85. The summed E-state index contributed by atoms with van der Waals surface area (Å²) in [5.74, 6) is -11.4. The van der Waals surface area contributed by atoms with Crippen molar-refractivity contribution in [2.75, 3.05) is 103 Å². The van der Waals surface area contributed by atoms with Gasteiger partial charge >= 0.3 is 0 Å². The van der Waals surface area contributed by atoms with Crippen LogP contribution in [0.2, 0.25) is 0 Å². The number of carbonyl (C=O) groups is 12. The molecule has 0 aliphatic carbocycles. The van der Waals surface area contributed by atoms with Crippen molar-refractivity contribution >= 4 is 70.6 Å². The summed E-state index contributed by atoms with van der Waals surface area (Å²) in [6, 6.07) is -11.5. The van der Waals surface area contributed by atoms with Crippen molar-refractivity contribution < 1.29 is 72.1 Å². The van der Waals surface area contributed by atoms with Crippen molar-refractivity contribution in [2.45, 2.75) is 248 Å². The SMILES string of the molecule is CC[C@@H]1NC(=O)[C@H]([C@H](O)[C@H](C)CCCC(=O)N(C)C)N(C)C(=O)[C@H](C(C)C)N(C)C(=O)[C@H](CC(C)C)N(C)C(=O)[C@H](CC(C)C)N(C)C(=O)[C@@H](C)NC(=O)[C@H](C)CC(=O)[C@H](CC(C)C)N(C)C(=O)[C@H](C(C)C)CC(=O)[C@H]([C@@H](C)OCCCCN2CCOCC2)N(C)C(=O)[C@@H](C)N(C)C1=O. The summed E-state index contributed by atoms with van der Waals surface area (Å²) in [4.78, 5) is 190. The molecule has 26 nitrogen and oxygen atoms in total. The summed E-state index contributed by atoms with van der Waals surface area (Å²) < 4.78 is 11.9. The molecule has 10 amide bonds. The number of aliphatic hydroxyl groups excluding tert-OH is 1. The van der Waals surface area contributed by atoms with E-state index in [0.29, 0.717) is 26.1 Å². The molecule has 0 spiro atoms. The van der Waals surface area contributed by atoms with Gasteiger partial charge in [0.25, 0.3) is 0 Å². The Balaban J connectivity index is 3.03. The van der Waals surface area contributed by atoms with E-state index < -0.39 is 161 Å². The molecular weight excluding hydrogens is 1270 g/mol. The van der Waals surface area contributed by atoms with Crippen molar-refractivity contribution in [1.29, 1.82) is 0 Å². The average Bonchev–Trinajstić information content (AvgIpc) is 0.807. The van der Waals surface area contributed by atoms with E-state index in [2.05, 4.69) is 15.5 Å². The maximum absolute atomic E-state index is 15.4. The molecule has 568 valence electrons. The maximum Gasteiger partial charge on any atom is 0.246 e. The van der Waals surface area contributed by atoms with Crippen LogP contribution in [-0.2, 0) is 67.0 Å². The van der Waals surface area contributed by atoms with Crippen LogP contribution in [0.1, 0.15) is 181 Å². The van der Waals surface area contributed by atoms with Crippen molar-refractivity contribution in [3.8, 4) is 0 Å². The van der Waals surface area contributed by atoms with Crippen molar-refractivity contribution in [2.24, 2.45) is 47.3 Å². The van der Waals surface area contributed by atoms with Crippen molar-refractivity contribution in [1.82, 2.24) is 54.7 Å². The third-order valence-electron chi connectivity index (χ3n) is 20.0. The second-order valence-electron chi connectivity index (χ2n) is 30.5. The van der Waals surface area contributed by atoms with Gasteiger partial charge in [-0.05, 0) is 114 Å². The zero-order valence-corrected chi connectivity index (χ0v) is 65.2.